The molecule has 2 aromatic carbocycles. The second-order valence-electron chi connectivity index (χ2n) is 19.3. The normalized spacial score (nSPS) is 18.0. The first-order valence-corrected chi connectivity index (χ1v) is 24.7. The number of hydrogen-bond donors (Lipinski definition) is 1. The topological polar surface area (TPSA) is 53.4 Å². The number of nitrogens with zero attached hydrogens (tertiary/aromatic N) is 4. The third-order valence-electron chi connectivity index (χ3n) is 14.1. The summed E-state index contributed by atoms with van der Waals surface area (Å²) < 4.78 is 5.89. The average Bonchev–Trinajstić information content (AvgIpc) is 3.83. The van der Waals surface area contributed by atoms with Gasteiger partial charge in [-0.05, 0) is 86.2 Å². The van der Waals surface area contributed by atoms with Crippen LogP contribution in [0.15, 0.2) is 94.5 Å². The molecule has 0 radical (unpaired) electrons. The maximum atomic E-state index is 14.3. The van der Waals surface area contributed by atoms with Crippen LogP contribution in [0.1, 0.15) is 174 Å². The standard InChI is InChI=1S/C55H76N4O2S/c1-9-11-13-15-17-19-21-27-39-58-45-31-25-23-29-43(45)54(3,4)47(58)37-35-41-33-34-42(49(41)50-51(60)56(7)53(62)57(8)52(50)61)36-38-48-55(5,6)44-30-24-26-32-46(44)59(48)40-28-22-20-18-16-14-12-10-2/h23-26,29-32,35-38H,9-22,27-28,33-34,39-40H2,1-8H3/p+1. The number of anilines is 1. The van der Waals surface area contributed by atoms with Crippen molar-refractivity contribution in [3.8, 4) is 5.88 Å². The summed E-state index contributed by atoms with van der Waals surface area (Å²) in [6.45, 7) is 15.9. The molecule has 1 N–H and O–H groups in total. The largest absolute Gasteiger partial charge is 0.494 e. The van der Waals surface area contributed by atoms with Crippen LogP contribution in [0.3, 0.4) is 0 Å². The number of rotatable bonds is 22. The van der Waals surface area contributed by atoms with Gasteiger partial charge >= 0.3 is 0 Å². The molecule has 2 aliphatic heterocycles. The van der Waals surface area contributed by atoms with Gasteiger partial charge in [-0.15, -0.1) is 0 Å². The fourth-order valence-corrected chi connectivity index (χ4v) is 10.5. The minimum Gasteiger partial charge on any atom is -0.494 e. The first-order chi connectivity index (χ1) is 29.9. The summed E-state index contributed by atoms with van der Waals surface area (Å²) in [6.07, 6.45) is 31.3. The van der Waals surface area contributed by atoms with E-state index in [2.05, 4.69) is 124 Å². The fraction of sp³-hybridized carbons (Fsp3) is 0.545. The molecule has 334 valence electrons. The van der Waals surface area contributed by atoms with Crippen LogP contribution in [0.2, 0.25) is 0 Å². The van der Waals surface area contributed by atoms with Crippen LogP contribution in [0.25, 0.3) is 5.57 Å². The van der Waals surface area contributed by atoms with Crippen LogP contribution < -0.4 is 10.5 Å². The van der Waals surface area contributed by atoms with Gasteiger partial charge in [-0.3, -0.25) is 13.9 Å². The Balaban J connectivity index is 1.38. The molecule has 1 aromatic heterocycles. The Labute approximate surface area is 379 Å². The SMILES string of the molecule is CCCCCCCCCCN1C(=CC=C2CCC(C=CC3=[N+](CCCCCCCCCC)c4ccccc4C3(C)C)=C2c2c(O)n(C)c(=S)n(C)c2=O)C(C)(C)c2ccccc21. The highest BCUT2D eigenvalue weighted by atomic mass is 32.1. The van der Waals surface area contributed by atoms with Crippen molar-refractivity contribution in [2.45, 2.75) is 168 Å². The van der Waals surface area contributed by atoms with E-state index in [1.807, 2.05) is 0 Å². The number of aromatic hydroxyl groups is 1. The second kappa shape index (κ2) is 21.4. The molecular formula is C55H77N4O2S+. The number of aromatic nitrogens is 2. The average molecular weight is 858 g/mol. The fourth-order valence-electron chi connectivity index (χ4n) is 10.4. The summed E-state index contributed by atoms with van der Waals surface area (Å²) in [5, 5.41) is 11.8. The predicted octanol–water partition coefficient (Wildman–Crippen LogP) is 14.2. The number of allylic oxidation sites excluding steroid dienone is 8. The number of benzene rings is 2. The van der Waals surface area contributed by atoms with Gasteiger partial charge in [0.05, 0.1) is 5.41 Å². The van der Waals surface area contributed by atoms with Gasteiger partial charge in [0.15, 0.2) is 10.5 Å². The Hall–Kier alpha value is -4.23. The summed E-state index contributed by atoms with van der Waals surface area (Å²) in [7, 11) is 3.46. The Kier molecular flexibility index (Phi) is 16.3. The molecule has 3 aliphatic rings. The Morgan fingerprint density at radius 3 is 1.94 bits per heavy atom. The molecule has 7 heteroatoms. The lowest BCUT2D eigenvalue weighted by Crippen LogP contribution is -2.28. The lowest BCUT2D eigenvalue weighted by atomic mass is 9.81. The van der Waals surface area contributed by atoms with Gasteiger partial charge in [0.2, 0.25) is 11.6 Å². The van der Waals surface area contributed by atoms with Crippen LogP contribution in [-0.2, 0) is 24.9 Å². The lowest BCUT2D eigenvalue weighted by Gasteiger charge is -2.27. The van der Waals surface area contributed by atoms with E-state index in [-0.39, 0.29) is 22.3 Å². The molecule has 0 amide bonds. The van der Waals surface area contributed by atoms with Gasteiger partial charge in [-0.25, -0.2) is 0 Å². The molecule has 0 saturated carbocycles. The highest BCUT2D eigenvalue weighted by Crippen LogP contribution is 2.49. The van der Waals surface area contributed by atoms with Crippen molar-refractivity contribution in [1.82, 2.24) is 9.13 Å². The van der Waals surface area contributed by atoms with Crippen molar-refractivity contribution in [1.29, 1.82) is 0 Å². The Morgan fingerprint density at radius 2 is 1.27 bits per heavy atom. The smallest absolute Gasteiger partial charge is 0.265 e. The minimum absolute atomic E-state index is 0.0815. The summed E-state index contributed by atoms with van der Waals surface area (Å²) in [5.74, 6) is -0.0815. The van der Waals surface area contributed by atoms with Crippen molar-refractivity contribution >= 4 is 34.9 Å². The highest BCUT2D eigenvalue weighted by molar-refractivity contribution is 7.71. The van der Waals surface area contributed by atoms with Gasteiger partial charge in [0.1, 0.15) is 12.1 Å². The summed E-state index contributed by atoms with van der Waals surface area (Å²) in [6, 6.07) is 17.8. The van der Waals surface area contributed by atoms with E-state index in [9.17, 15) is 9.90 Å². The van der Waals surface area contributed by atoms with E-state index in [4.69, 9.17) is 12.2 Å². The zero-order valence-electron chi connectivity index (χ0n) is 39.6. The predicted molar refractivity (Wildman–Crippen MR) is 266 cm³/mol. The molecule has 3 heterocycles. The third-order valence-corrected chi connectivity index (χ3v) is 14.7. The van der Waals surface area contributed by atoms with E-state index in [0.717, 1.165) is 55.5 Å². The van der Waals surface area contributed by atoms with Crippen molar-refractivity contribution in [3.05, 3.63) is 121 Å². The third kappa shape index (κ3) is 10.1. The van der Waals surface area contributed by atoms with Crippen LogP contribution in [0, 0.1) is 4.77 Å². The van der Waals surface area contributed by atoms with Gasteiger partial charge in [0, 0.05) is 61.6 Å². The van der Waals surface area contributed by atoms with Crippen molar-refractivity contribution in [2.75, 3.05) is 18.0 Å². The molecule has 0 saturated heterocycles. The summed E-state index contributed by atoms with van der Waals surface area (Å²) in [5.41, 5.74) is 10.5. The van der Waals surface area contributed by atoms with Gasteiger partial charge in [0.25, 0.3) is 5.56 Å². The summed E-state index contributed by atoms with van der Waals surface area (Å²) >= 11 is 5.60. The molecule has 0 fully saturated rings. The Bertz CT molecular complexity index is 2330. The quantitative estimate of drug-likeness (QED) is 0.0621. The van der Waals surface area contributed by atoms with Crippen LogP contribution >= 0.6 is 12.2 Å². The molecule has 62 heavy (non-hydrogen) atoms. The van der Waals surface area contributed by atoms with E-state index in [0.29, 0.717) is 10.3 Å². The monoisotopic (exact) mass is 858 g/mol. The van der Waals surface area contributed by atoms with Crippen LogP contribution in [0.4, 0.5) is 11.4 Å². The molecular weight excluding hydrogens is 781 g/mol. The van der Waals surface area contributed by atoms with Gasteiger partial charge in [-0.1, -0.05) is 160 Å². The molecule has 0 unspecified atom stereocenters. The zero-order chi connectivity index (χ0) is 44.4. The molecule has 0 spiro atoms. The Morgan fingerprint density at radius 1 is 0.694 bits per heavy atom. The van der Waals surface area contributed by atoms with Crippen LogP contribution in [-0.4, -0.2) is 37.6 Å². The zero-order valence-corrected chi connectivity index (χ0v) is 40.4. The van der Waals surface area contributed by atoms with E-state index in [1.54, 1.807) is 18.7 Å². The second-order valence-corrected chi connectivity index (χ2v) is 19.7. The highest BCUT2D eigenvalue weighted by Gasteiger charge is 2.44. The molecule has 0 atom stereocenters. The molecule has 1 aliphatic carbocycles. The first kappa shape index (κ1) is 47.3. The molecule has 6 rings (SSSR count). The van der Waals surface area contributed by atoms with Crippen LogP contribution in [0.5, 0.6) is 5.88 Å². The molecule has 6 nitrogen and oxygen atoms in total. The van der Waals surface area contributed by atoms with E-state index >= 15 is 0 Å². The maximum Gasteiger partial charge on any atom is 0.265 e. The number of para-hydroxylation sites is 2. The molecule has 3 aromatic rings. The van der Waals surface area contributed by atoms with Gasteiger partial charge < -0.3 is 10.0 Å². The molecule has 0 bridgehead atoms. The van der Waals surface area contributed by atoms with Crippen molar-refractivity contribution in [2.24, 2.45) is 14.1 Å². The number of unbranched alkanes of at least 4 members (excludes halogenated alkanes) is 14. The van der Waals surface area contributed by atoms with E-state index in [1.165, 1.54) is 128 Å². The lowest BCUT2D eigenvalue weighted by molar-refractivity contribution is -0.438. The van der Waals surface area contributed by atoms with E-state index < -0.39 is 0 Å². The van der Waals surface area contributed by atoms with Crippen molar-refractivity contribution < 1.29 is 9.68 Å². The number of hydrogen-bond acceptors (Lipinski definition) is 4. The van der Waals surface area contributed by atoms with Gasteiger partial charge in [-0.2, -0.15) is 4.58 Å². The minimum atomic E-state index is -0.269. The maximum absolute atomic E-state index is 14.3. The van der Waals surface area contributed by atoms with Crippen molar-refractivity contribution in [3.63, 3.8) is 0 Å². The number of fused-ring (bicyclic) bond motifs is 2. The summed E-state index contributed by atoms with van der Waals surface area (Å²) in [4.78, 5) is 16.8. The first-order valence-electron chi connectivity index (χ1n) is 24.3.